The Morgan fingerprint density at radius 1 is 0.853 bits per heavy atom. The zero-order chi connectivity index (χ0) is 24.0. The Morgan fingerprint density at radius 2 is 1.32 bits per heavy atom. The van der Waals surface area contributed by atoms with Gasteiger partial charge in [0, 0.05) is 10.6 Å². The van der Waals surface area contributed by atoms with Crippen molar-refractivity contribution in [1.29, 1.82) is 0 Å². The van der Waals surface area contributed by atoms with E-state index in [-0.39, 0.29) is 5.75 Å². The molecule has 0 saturated carbocycles. The third kappa shape index (κ3) is 5.14. The van der Waals surface area contributed by atoms with Crippen molar-refractivity contribution < 1.29 is 5.11 Å². The van der Waals surface area contributed by atoms with E-state index in [1.165, 1.54) is 6.21 Å². The zero-order valence-electron chi connectivity index (χ0n) is 18.0. The first-order valence-electron chi connectivity index (χ1n) is 10.5. The Hall–Kier alpha value is -3.19. The number of hydrogen-bond acceptors (Lipinski definition) is 3. The van der Waals surface area contributed by atoms with Crippen LogP contribution in [-0.4, -0.2) is 16.4 Å². The van der Waals surface area contributed by atoms with Crippen molar-refractivity contribution in [2.24, 2.45) is 5.10 Å². The van der Waals surface area contributed by atoms with Gasteiger partial charge >= 0.3 is 0 Å². The SMILES string of the molecule is Oc1c(Br)cc(Cl)cc1/C=N/NC(=S)NC(c1ccccc1)(c1ccccc1)c1ccccc1. The number of benzene rings is 4. The second-order valence-electron chi connectivity index (χ2n) is 7.50. The predicted molar refractivity (Wildman–Crippen MR) is 146 cm³/mol. The largest absolute Gasteiger partial charge is 0.506 e. The topological polar surface area (TPSA) is 56.7 Å². The predicted octanol–water partition coefficient (Wildman–Crippen LogP) is 6.60. The summed E-state index contributed by atoms with van der Waals surface area (Å²) in [5, 5.41) is 18.8. The lowest BCUT2D eigenvalue weighted by molar-refractivity contribution is 0.471. The van der Waals surface area contributed by atoms with Crippen LogP contribution >= 0.6 is 39.7 Å². The zero-order valence-corrected chi connectivity index (χ0v) is 21.1. The summed E-state index contributed by atoms with van der Waals surface area (Å²) >= 11 is 15.0. The number of phenolic OH excluding ortho intramolecular Hbond substituents is 1. The summed E-state index contributed by atoms with van der Waals surface area (Å²) in [4.78, 5) is 0. The van der Waals surface area contributed by atoms with Crippen LogP contribution in [0.5, 0.6) is 5.75 Å². The molecule has 0 fully saturated rings. The Kier molecular flexibility index (Phi) is 7.63. The molecule has 7 heteroatoms. The van der Waals surface area contributed by atoms with Gasteiger partial charge in [-0.05, 0) is 57.0 Å². The molecule has 0 bridgehead atoms. The van der Waals surface area contributed by atoms with Crippen LogP contribution in [-0.2, 0) is 5.54 Å². The maximum atomic E-state index is 10.2. The van der Waals surface area contributed by atoms with Gasteiger partial charge in [-0.2, -0.15) is 5.10 Å². The van der Waals surface area contributed by atoms with Crippen LogP contribution in [0.25, 0.3) is 0 Å². The highest BCUT2D eigenvalue weighted by Gasteiger charge is 2.36. The van der Waals surface area contributed by atoms with Crippen molar-refractivity contribution in [3.05, 3.63) is 135 Å². The monoisotopic (exact) mass is 549 g/mol. The number of thiocarbonyl (C=S) groups is 1. The molecule has 0 saturated heterocycles. The van der Waals surface area contributed by atoms with E-state index in [9.17, 15) is 5.11 Å². The van der Waals surface area contributed by atoms with Gasteiger partial charge < -0.3 is 10.4 Å². The van der Waals surface area contributed by atoms with Crippen LogP contribution in [0.3, 0.4) is 0 Å². The molecule has 0 aromatic heterocycles. The van der Waals surface area contributed by atoms with Crippen molar-refractivity contribution in [2.45, 2.75) is 5.54 Å². The number of halogens is 2. The minimum Gasteiger partial charge on any atom is -0.506 e. The number of rotatable bonds is 6. The summed E-state index contributed by atoms with van der Waals surface area (Å²) < 4.78 is 0.485. The summed E-state index contributed by atoms with van der Waals surface area (Å²) in [5.74, 6) is 0.0426. The van der Waals surface area contributed by atoms with Crippen molar-refractivity contribution in [3.8, 4) is 5.75 Å². The fourth-order valence-electron chi connectivity index (χ4n) is 3.82. The lowest BCUT2D eigenvalue weighted by atomic mass is 9.77. The molecule has 0 heterocycles. The van der Waals surface area contributed by atoms with E-state index >= 15 is 0 Å². The Labute approximate surface area is 217 Å². The Balaban J connectivity index is 1.71. The molecule has 4 aromatic carbocycles. The molecule has 0 radical (unpaired) electrons. The van der Waals surface area contributed by atoms with Gasteiger partial charge in [0.2, 0.25) is 0 Å². The van der Waals surface area contributed by atoms with Gasteiger partial charge in [0.15, 0.2) is 5.11 Å². The normalized spacial score (nSPS) is 11.4. The van der Waals surface area contributed by atoms with Gasteiger partial charge in [-0.3, -0.25) is 5.43 Å². The average Bonchev–Trinajstić information content (AvgIpc) is 2.87. The number of hydrazone groups is 1. The second-order valence-corrected chi connectivity index (χ2v) is 9.20. The van der Waals surface area contributed by atoms with Gasteiger partial charge in [0.25, 0.3) is 0 Å². The molecule has 0 atom stereocenters. The molecule has 3 N–H and O–H groups in total. The highest BCUT2D eigenvalue weighted by Crippen LogP contribution is 2.36. The Morgan fingerprint density at radius 3 is 1.79 bits per heavy atom. The van der Waals surface area contributed by atoms with Crippen molar-refractivity contribution in [2.75, 3.05) is 0 Å². The third-order valence-corrected chi connectivity index (χ3v) is 6.36. The van der Waals surface area contributed by atoms with Crippen LogP contribution in [0.2, 0.25) is 5.02 Å². The molecule has 4 aromatic rings. The third-order valence-electron chi connectivity index (χ3n) is 5.35. The maximum absolute atomic E-state index is 10.2. The van der Waals surface area contributed by atoms with E-state index in [4.69, 9.17) is 23.8 Å². The minimum absolute atomic E-state index is 0.0426. The van der Waals surface area contributed by atoms with Crippen LogP contribution in [0.4, 0.5) is 0 Å². The summed E-state index contributed by atoms with van der Waals surface area (Å²) in [6.07, 6.45) is 1.47. The highest BCUT2D eigenvalue weighted by molar-refractivity contribution is 9.10. The number of nitrogens with zero attached hydrogens (tertiary/aromatic N) is 1. The lowest BCUT2D eigenvalue weighted by Gasteiger charge is -2.37. The number of hydrogen-bond donors (Lipinski definition) is 3. The molecule has 0 aliphatic heterocycles. The number of nitrogens with one attached hydrogen (secondary N) is 2. The molecule has 0 spiro atoms. The minimum atomic E-state index is -0.759. The fraction of sp³-hybridized carbons (Fsp3) is 0.0370. The first kappa shape index (κ1) is 24.0. The lowest BCUT2D eigenvalue weighted by Crippen LogP contribution is -2.50. The van der Waals surface area contributed by atoms with Crippen LogP contribution in [0.15, 0.2) is 113 Å². The van der Waals surface area contributed by atoms with Crippen LogP contribution in [0.1, 0.15) is 22.3 Å². The molecule has 4 rings (SSSR count). The van der Waals surface area contributed by atoms with Gasteiger partial charge in [0.05, 0.1) is 10.7 Å². The quantitative estimate of drug-likeness (QED) is 0.110. The molecule has 0 aliphatic rings. The fourth-order valence-corrected chi connectivity index (χ4v) is 4.86. The summed E-state index contributed by atoms with van der Waals surface area (Å²) in [6.45, 7) is 0. The molecule has 34 heavy (non-hydrogen) atoms. The van der Waals surface area contributed by atoms with Gasteiger partial charge in [-0.1, -0.05) is 103 Å². The van der Waals surface area contributed by atoms with Crippen molar-refractivity contribution in [3.63, 3.8) is 0 Å². The van der Waals surface area contributed by atoms with E-state index in [0.29, 0.717) is 20.2 Å². The van der Waals surface area contributed by atoms with Gasteiger partial charge in [-0.15, -0.1) is 0 Å². The maximum Gasteiger partial charge on any atom is 0.188 e. The van der Waals surface area contributed by atoms with Crippen molar-refractivity contribution in [1.82, 2.24) is 10.7 Å². The molecule has 4 nitrogen and oxygen atoms in total. The Bertz CT molecular complexity index is 1210. The molecular formula is C27H21BrClN3OS. The molecule has 0 aliphatic carbocycles. The van der Waals surface area contributed by atoms with E-state index in [1.807, 2.05) is 54.6 Å². The van der Waals surface area contributed by atoms with Crippen molar-refractivity contribution >= 4 is 51.1 Å². The van der Waals surface area contributed by atoms with E-state index in [0.717, 1.165) is 16.7 Å². The smallest absolute Gasteiger partial charge is 0.188 e. The molecule has 170 valence electrons. The number of aromatic hydroxyl groups is 1. The van der Waals surface area contributed by atoms with Crippen LogP contribution < -0.4 is 10.7 Å². The average molecular weight is 551 g/mol. The first-order valence-corrected chi connectivity index (χ1v) is 12.0. The standard InChI is InChI=1S/C27H21BrClN3OS/c28-24-17-23(29)16-19(25(24)33)18-30-32-26(34)31-27(20-10-4-1-5-11-20,21-12-6-2-7-13-21)22-14-8-3-9-15-22/h1-18,33H,(H2,31,32,34)/b30-18+. The summed E-state index contributed by atoms with van der Waals surface area (Å²) in [5.41, 5.74) is 5.65. The summed E-state index contributed by atoms with van der Waals surface area (Å²) in [7, 11) is 0. The van der Waals surface area contributed by atoms with Gasteiger partial charge in [0.1, 0.15) is 11.3 Å². The van der Waals surface area contributed by atoms with Crippen LogP contribution in [0, 0.1) is 0 Å². The molecule has 0 unspecified atom stereocenters. The molecular weight excluding hydrogens is 530 g/mol. The van der Waals surface area contributed by atoms with E-state index in [2.05, 4.69) is 68.2 Å². The molecule has 0 amide bonds. The summed E-state index contributed by atoms with van der Waals surface area (Å²) in [6, 6.07) is 33.6. The first-order chi connectivity index (χ1) is 16.5. The number of phenols is 1. The second kappa shape index (κ2) is 10.8. The van der Waals surface area contributed by atoms with E-state index in [1.54, 1.807) is 12.1 Å². The highest BCUT2D eigenvalue weighted by atomic mass is 79.9. The van der Waals surface area contributed by atoms with E-state index < -0.39 is 5.54 Å². The van der Waals surface area contributed by atoms with Gasteiger partial charge in [-0.25, -0.2) is 0 Å².